The molecule has 0 fully saturated rings. The lowest BCUT2D eigenvalue weighted by Gasteiger charge is -2.37. The van der Waals surface area contributed by atoms with E-state index in [2.05, 4.69) is 6.58 Å². The van der Waals surface area contributed by atoms with Gasteiger partial charge in [-0.05, 0) is 20.8 Å². The van der Waals surface area contributed by atoms with Crippen LogP contribution < -0.4 is 0 Å². The summed E-state index contributed by atoms with van der Waals surface area (Å²) < 4.78 is 0. The number of carboxylic acid groups (broad SMARTS) is 1. The third kappa shape index (κ3) is 3.20. The molecule has 0 rings (SSSR count). The molecule has 0 saturated carbocycles. The van der Waals surface area contributed by atoms with Gasteiger partial charge in [-0.3, -0.25) is 4.90 Å². The van der Waals surface area contributed by atoms with E-state index >= 15 is 0 Å². The van der Waals surface area contributed by atoms with Crippen molar-refractivity contribution < 1.29 is 14.7 Å². The Hall–Kier alpha value is -1.32. The first-order valence-corrected chi connectivity index (χ1v) is 4.43. The molecule has 1 N–H and O–H groups in total. The zero-order chi connectivity index (χ0) is 11.4. The van der Waals surface area contributed by atoms with Gasteiger partial charge in [-0.25, -0.2) is 4.79 Å². The van der Waals surface area contributed by atoms with E-state index in [0.29, 0.717) is 6.29 Å². The molecular formula is C10H17NO3. The molecule has 14 heavy (non-hydrogen) atoms. The van der Waals surface area contributed by atoms with Crippen molar-refractivity contribution in [1.82, 2.24) is 4.90 Å². The standard InChI is InChI=1S/C10H17NO3/c1-5-8(6-7-12)11(9(13)14)10(2,3)4/h5,7-8H,1,6H2,2-4H3,(H,13,14). The minimum absolute atomic E-state index is 0.146. The van der Waals surface area contributed by atoms with Crippen molar-refractivity contribution in [3.05, 3.63) is 12.7 Å². The van der Waals surface area contributed by atoms with Gasteiger partial charge < -0.3 is 9.90 Å². The van der Waals surface area contributed by atoms with Gasteiger partial charge in [0.15, 0.2) is 0 Å². The van der Waals surface area contributed by atoms with Crippen LogP contribution in [0.3, 0.4) is 0 Å². The molecule has 1 amide bonds. The average Bonchev–Trinajstić information content (AvgIpc) is 2.00. The van der Waals surface area contributed by atoms with Crippen LogP contribution in [-0.4, -0.2) is 34.0 Å². The molecule has 0 spiro atoms. The second-order valence-corrected chi connectivity index (χ2v) is 4.03. The first kappa shape index (κ1) is 12.7. The highest BCUT2D eigenvalue weighted by atomic mass is 16.4. The summed E-state index contributed by atoms with van der Waals surface area (Å²) in [6, 6.07) is -0.454. The van der Waals surface area contributed by atoms with Crippen molar-refractivity contribution in [3.8, 4) is 0 Å². The predicted octanol–water partition coefficient (Wildman–Crippen LogP) is 1.91. The Morgan fingerprint density at radius 2 is 2.07 bits per heavy atom. The van der Waals surface area contributed by atoms with Crippen molar-refractivity contribution in [2.45, 2.75) is 38.8 Å². The van der Waals surface area contributed by atoms with Gasteiger partial charge in [0, 0.05) is 12.0 Å². The molecule has 0 aromatic carbocycles. The second kappa shape index (κ2) is 4.79. The van der Waals surface area contributed by atoms with E-state index in [0.717, 1.165) is 0 Å². The summed E-state index contributed by atoms with van der Waals surface area (Å²) in [5.41, 5.74) is -0.534. The molecule has 0 aliphatic carbocycles. The van der Waals surface area contributed by atoms with Gasteiger partial charge in [-0.2, -0.15) is 0 Å². The summed E-state index contributed by atoms with van der Waals surface area (Å²) in [7, 11) is 0. The molecule has 0 aromatic heterocycles. The highest BCUT2D eigenvalue weighted by molar-refractivity contribution is 5.67. The lowest BCUT2D eigenvalue weighted by molar-refractivity contribution is -0.108. The van der Waals surface area contributed by atoms with Crippen LogP contribution in [0.25, 0.3) is 0 Å². The quantitative estimate of drug-likeness (QED) is 0.555. The molecule has 0 aliphatic heterocycles. The molecule has 0 heterocycles. The van der Waals surface area contributed by atoms with Gasteiger partial charge in [0.25, 0.3) is 0 Å². The summed E-state index contributed by atoms with van der Waals surface area (Å²) >= 11 is 0. The van der Waals surface area contributed by atoms with E-state index in [4.69, 9.17) is 5.11 Å². The molecule has 0 bridgehead atoms. The molecule has 1 atom stereocenters. The Bertz CT molecular complexity index is 230. The fourth-order valence-corrected chi connectivity index (χ4v) is 1.33. The molecule has 1 unspecified atom stereocenters. The fraction of sp³-hybridized carbons (Fsp3) is 0.600. The molecule has 4 heteroatoms. The van der Waals surface area contributed by atoms with Gasteiger partial charge in [0.2, 0.25) is 0 Å². The summed E-state index contributed by atoms with van der Waals surface area (Å²) in [4.78, 5) is 22.6. The summed E-state index contributed by atoms with van der Waals surface area (Å²) in [6.07, 6.45) is 1.29. The van der Waals surface area contributed by atoms with Crippen molar-refractivity contribution >= 4 is 12.4 Å². The topological polar surface area (TPSA) is 57.6 Å². The lowest BCUT2D eigenvalue weighted by Crippen LogP contribution is -2.50. The molecule has 0 saturated heterocycles. The van der Waals surface area contributed by atoms with Crippen molar-refractivity contribution in [2.24, 2.45) is 0 Å². The zero-order valence-electron chi connectivity index (χ0n) is 8.86. The van der Waals surface area contributed by atoms with E-state index in [1.165, 1.54) is 11.0 Å². The minimum Gasteiger partial charge on any atom is -0.465 e. The molecule has 80 valence electrons. The lowest BCUT2D eigenvalue weighted by atomic mass is 10.0. The highest BCUT2D eigenvalue weighted by Gasteiger charge is 2.31. The number of nitrogens with zero attached hydrogens (tertiary/aromatic N) is 1. The Kier molecular flexibility index (Phi) is 4.34. The molecule has 4 nitrogen and oxygen atoms in total. The predicted molar refractivity (Wildman–Crippen MR) is 54.3 cm³/mol. The fourth-order valence-electron chi connectivity index (χ4n) is 1.33. The first-order valence-electron chi connectivity index (χ1n) is 4.43. The third-order valence-electron chi connectivity index (χ3n) is 1.87. The maximum atomic E-state index is 11.0. The molecular weight excluding hydrogens is 182 g/mol. The normalized spacial score (nSPS) is 13.1. The van der Waals surface area contributed by atoms with Crippen LogP contribution in [0.2, 0.25) is 0 Å². The number of rotatable bonds is 4. The summed E-state index contributed by atoms with van der Waals surface area (Å²) in [5.74, 6) is 0. The molecule has 0 aliphatic rings. The van der Waals surface area contributed by atoms with Crippen LogP contribution in [0.5, 0.6) is 0 Å². The van der Waals surface area contributed by atoms with Crippen molar-refractivity contribution in [1.29, 1.82) is 0 Å². The number of hydrogen-bond acceptors (Lipinski definition) is 2. The van der Waals surface area contributed by atoms with Crippen LogP contribution in [0.15, 0.2) is 12.7 Å². The van der Waals surface area contributed by atoms with Gasteiger partial charge in [0.05, 0.1) is 6.04 Å². The summed E-state index contributed by atoms with van der Waals surface area (Å²) in [6.45, 7) is 8.87. The maximum Gasteiger partial charge on any atom is 0.408 e. The minimum atomic E-state index is -1.04. The van der Waals surface area contributed by atoms with Crippen molar-refractivity contribution in [3.63, 3.8) is 0 Å². The SMILES string of the molecule is C=CC(CC=O)N(C(=O)O)C(C)(C)C. The van der Waals surface area contributed by atoms with Crippen LogP contribution >= 0.6 is 0 Å². The number of carbonyl (C=O) groups is 2. The Morgan fingerprint density at radius 3 is 2.29 bits per heavy atom. The number of carbonyl (C=O) groups excluding carboxylic acids is 1. The van der Waals surface area contributed by atoms with Gasteiger partial charge in [0.1, 0.15) is 6.29 Å². The van der Waals surface area contributed by atoms with Gasteiger partial charge >= 0.3 is 6.09 Å². The molecule has 0 radical (unpaired) electrons. The average molecular weight is 199 g/mol. The van der Waals surface area contributed by atoms with Gasteiger partial charge in [-0.1, -0.05) is 6.08 Å². The van der Waals surface area contributed by atoms with E-state index in [1.807, 2.05) is 0 Å². The Balaban J connectivity index is 4.87. The Labute approximate surface area is 84.2 Å². The third-order valence-corrected chi connectivity index (χ3v) is 1.87. The Morgan fingerprint density at radius 1 is 1.57 bits per heavy atom. The van der Waals surface area contributed by atoms with E-state index in [-0.39, 0.29) is 6.42 Å². The first-order chi connectivity index (χ1) is 6.34. The van der Waals surface area contributed by atoms with Crippen LogP contribution in [-0.2, 0) is 4.79 Å². The van der Waals surface area contributed by atoms with Crippen LogP contribution in [0.1, 0.15) is 27.2 Å². The second-order valence-electron chi connectivity index (χ2n) is 4.03. The smallest absolute Gasteiger partial charge is 0.408 e. The maximum absolute atomic E-state index is 11.0. The van der Waals surface area contributed by atoms with E-state index in [9.17, 15) is 9.59 Å². The van der Waals surface area contributed by atoms with Crippen LogP contribution in [0.4, 0.5) is 4.79 Å². The molecule has 0 aromatic rings. The zero-order valence-corrected chi connectivity index (χ0v) is 8.86. The summed E-state index contributed by atoms with van der Waals surface area (Å²) in [5, 5.41) is 9.00. The largest absolute Gasteiger partial charge is 0.465 e. The monoisotopic (exact) mass is 199 g/mol. The number of amides is 1. The van der Waals surface area contributed by atoms with E-state index < -0.39 is 17.7 Å². The highest BCUT2D eigenvalue weighted by Crippen LogP contribution is 2.19. The van der Waals surface area contributed by atoms with Crippen molar-refractivity contribution in [2.75, 3.05) is 0 Å². The number of hydrogen-bond donors (Lipinski definition) is 1. The number of aldehydes is 1. The van der Waals surface area contributed by atoms with Crippen LogP contribution in [0, 0.1) is 0 Å². The van der Waals surface area contributed by atoms with E-state index in [1.54, 1.807) is 20.8 Å². The van der Waals surface area contributed by atoms with Gasteiger partial charge in [-0.15, -0.1) is 6.58 Å².